The fourth-order valence-corrected chi connectivity index (χ4v) is 2.87. The lowest BCUT2D eigenvalue weighted by Crippen LogP contribution is -2.27. The number of amides is 1. The molecule has 0 bridgehead atoms. The molecule has 1 aromatic heterocycles. The molecule has 2 aromatic rings. The van der Waals surface area contributed by atoms with Crippen LogP contribution in [-0.4, -0.2) is 15.8 Å². The maximum absolute atomic E-state index is 13.6. The van der Waals surface area contributed by atoms with Crippen LogP contribution in [0.3, 0.4) is 0 Å². The standard InChI is InChI=1S/C14H9BrCl2FN3O3/c1-6(7-2-12(18)11(17)4-10(7)16)20-14(22)8-3-13(21(23)24)19-5-9(8)15/h2-6H,1H3,(H,20,22). The SMILES string of the molecule is CC(NC(=O)c1cc([N+](=O)[O-])ncc1Br)c1cc(F)c(Cl)cc1Cl. The quantitative estimate of drug-likeness (QED) is 0.428. The summed E-state index contributed by atoms with van der Waals surface area (Å²) >= 11 is 14.8. The second-order valence-electron chi connectivity index (χ2n) is 4.76. The van der Waals surface area contributed by atoms with Gasteiger partial charge in [0.2, 0.25) is 0 Å². The van der Waals surface area contributed by atoms with Gasteiger partial charge in [0.1, 0.15) is 5.82 Å². The van der Waals surface area contributed by atoms with E-state index in [-0.39, 0.29) is 20.1 Å². The first-order valence-corrected chi connectivity index (χ1v) is 8.00. The summed E-state index contributed by atoms with van der Waals surface area (Å²) in [5, 5.41) is 13.4. The molecule has 10 heteroatoms. The van der Waals surface area contributed by atoms with Crippen LogP contribution in [0.1, 0.15) is 28.9 Å². The minimum Gasteiger partial charge on any atom is -0.358 e. The van der Waals surface area contributed by atoms with Crippen LogP contribution in [0.4, 0.5) is 10.2 Å². The first-order chi connectivity index (χ1) is 11.2. The van der Waals surface area contributed by atoms with Crippen molar-refractivity contribution in [1.82, 2.24) is 10.3 Å². The maximum atomic E-state index is 13.6. The highest BCUT2D eigenvalue weighted by molar-refractivity contribution is 9.10. The van der Waals surface area contributed by atoms with E-state index < -0.39 is 28.5 Å². The van der Waals surface area contributed by atoms with Gasteiger partial charge in [-0.2, -0.15) is 0 Å². The summed E-state index contributed by atoms with van der Waals surface area (Å²) in [6.07, 6.45) is 1.16. The van der Waals surface area contributed by atoms with Crippen molar-refractivity contribution < 1.29 is 14.1 Å². The molecule has 0 aliphatic rings. The van der Waals surface area contributed by atoms with Crippen LogP contribution in [0.25, 0.3) is 0 Å². The molecule has 0 aliphatic heterocycles. The van der Waals surface area contributed by atoms with Crippen molar-refractivity contribution in [2.24, 2.45) is 0 Å². The summed E-state index contributed by atoms with van der Waals surface area (Å²) in [7, 11) is 0. The molecule has 1 amide bonds. The Kier molecular flexibility index (Phi) is 5.74. The van der Waals surface area contributed by atoms with Gasteiger partial charge in [0.05, 0.1) is 21.1 Å². The van der Waals surface area contributed by atoms with Gasteiger partial charge in [-0.1, -0.05) is 23.2 Å². The maximum Gasteiger partial charge on any atom is 0.364 e. The summed E-state index contributed by atoms with van der Waals surface area (Å²) in [5.41, 5.74) is 0.348. The van der Waals surface area contributed by atoms with Crippen molar-refractivity contribution in [3.63, 3.8) is 0 Å². The summed E-state index contributed by atoms with van der Waals surface area (Å²) in [4.78, 5) is 26.0. The van der Waals surface area contributed by atoms with Gasteiger partial charge in [0, 0.05) is 11.1 Å². The Bertz CT molecular complexity index is 835. The minimum atomic E-state index is -0.710. The van der Waals surface area contributed by atoms with Crippen molar-refractivity contribution in [2.75, 3.05) is 0 Å². The van der Waals surface area contributed by atoms with Gasteiger partial charge in [-0.05, 0) is 50.5 Å². The van der Waals surface area contributed by atoms with Gasteiger partial charge in [0.15, 0.2) is 6.20 Å². The largest absolute Gasteiger partial charge is 0.364 e. The number of halogens is 4. The van der Waals surface area contributed by atoms with Crippen molar-refractivity contribution in [1.29, 1.82) is 0 Å². The third-order valence-electron chi connectivity index (χ3n) is 3.13. The van der Waals surface area contributed by atoms with Gasteiger partial charge < -0.3 is 15.4 Å². The van der Waals surface area contributed by atoms with E-state index >= 15 is 0 Å². The zero-order valence-electron chi connectivity index (χ0n) is 12.0. The zero-order valence-corrected chi connectivity index (χ0v) is 15.1. The Morgan fingerprint density at radius 2 is 2.04 bits per heavy atom. The van der Waals surface area contributed by atoms with E-state index in [0.29, 0.717) is 5.56 Å². The van der Waals surface area contributed by atoms with E-state index in [9.17, 15) is 19.3 Å². The molecule has 0 saturated carbocycles. The minimum absolute atomic E-state index is 0.0223. The number of hydrogen-bond donors (Lipinski definition) is 1. The average Bonchev–Trinajstić information content (AvgIpc) is 2.50. The number of carbonyl (C=O) groups is 1. The molecule has 1 aromatic carbocycles. The summed E-state index contributed by atoms with van der Waals surface area (Å²) < 4.78 is 13.9. The molecule has 0 saturated heterocycles. The first kappa shape index (κ1) is 18.6. The Morgan fingerprint density at radius 1 is 1.38 bits per heavy atom. The molecule has 0 fully saturated rings. The number of benzene rings is 1. The van der Waals surface area contributed by atoms with Crippen molar-refractivity contribution in [3.05, 3.63) is 66.0 Å². The molecule has 1 unspecified atom stereocenters. The number of pyridine rings is 1. The molecule has 1 heterocycles. The van der Waals surface area contributed by atoms with E-state index in [1.807, 2.05) is 0 Å². The smallest absolute Gasteiger partial charge is 0.358 e. The highest BCUT2D eigenvalue weighted by atomic mass is 79.9. The predicted octanol–water partition coefficient (Wildman–Crippen LogP) is 4.69. The van der Waals surface area contributed by atoms with Crippen LogP contribution >= 0.6 is 39.1 Å². The summed E-state index contributed by atoms with van der Waals surface area (Å²) in [6.45, 7) is 1.59. The normalized spacial score (nSPS) is 11.9. The molecule has 6 nitrogen and oxygen atoms in total. The molecule has 126 valence electrons. The molecule has 0 radical (unpaired) electrons. The summed E-state index contributed by atoms with van der Waals surface area (Å²) in [5.74, 6) is -1.74. The van der Waals surface area contributed by atoms with E-state index in [1.165, 1.54) is 6.07 Å². The van der Waals surface area contributed by atoms with Crippen molar-refractivity contribution in [3.8, 4) is 0 Å². The van der Waals surface area contributed by atoms with Gasteiger partial charge in [0.25, 0.3) is 5.91 Å². The first-order valence-electron chi connectivity index (χ1n) is 6.46. The molecular formula is C14H9BrCl2FN3O3. The lowest BCUT2D eigenvalue weighted by atomic mass is 10.1. The fraction of sp³-hybridized carbons (Fsp3) is 0.143. The second-order valence-corrected chi connectivity index (χ2v) is 6.43. The summed E-state index contributed by atoms with van der Waals surface area (Å²) in [6, 6.07) is 2.75. The highest BCUT2D eigenvalue weighted by Gasteiger charge is 2.21. The third-order valence-corrected chi connectivity index (χ3v) is 4.38. The molecule has 1 N–H and O–H groups in total. The van der Waals surface area contributed by atoms with Crippen molar-refractivity contribution in [2.45, 2.75) is 13.0 Å². The lowest BCUT2D eigenvalue weighted by Gasteiger charge is -2.16. The Labute approximate surface area is 154 Å². The van der Waals surface area contributed by atoms with Crippen LogP contribution in [0, 0.1) is 15.9 Å². The van der Waals surface area contributed by atoms with Gasteiger partial charge in [-0.25, -0.2) is 4.39 Å². The van der Waals surface area contributed by atoms with Gasteiger partial charge in [-0.3, -0.25) is 4.79 Å². The molecule has 0 spiro atoms. The number of nitro groups is 1. The predicted molar refractivity (Wildman–Crippen MR) is 90.9 cm³/mol. The Hall–Kier alpha value is -1.77. The average molecular weight is 437 g/mol. The van der Waals surface area contributed by atoms with E-state index in [4.69, 9.17) is 23.2 Å². The molecule has 2 rings (SSSR count). The number of carbonyl (C=O) groups excluding carboxylic acids is 1. The van der Waals surface area contributed by atoms with Crippen LogP contribution in [0.2, 0.25) is 10.0 Å². The Balaban J connectivity index is 2.28. The zero-order chi connectivity index (χ0) is 18.0. The van der Waals surface area contributed by atoms with Gasteiger partial charge >= 0.3 is 5.82 Å². The number of aromatic nitrogens is 1. The highest BCUT2D eigenvalue weighted by Crippen LogP contribution is 2.29. The third kappa shape index (κ3) is 4.00. The number of nitrogens with one attached hydrogen (secondary N) is 1. The van der Waals surface area contributed by atoms with Crippen LogP contribution in [-0.2, 0) is 0 Å². The van der Waals surface area contributed by atoms with Crippen LogP contribution < -0.4 is 5.32 Å². The monoisotopic (exact) mass is 435 g/mol. The topological polar surface area (TPSA) is 85.1 Å². The lowest BCUT2D eigenvalue weighted by molar-refractivity contribution is -0.389. The molecule has 1 atom stereocenters. The number of nitrogens with zero attached hydrogens (tertiary/aromatic N) is 2. The van der Waals surface area contributed by atoms with E-state index in [2.05, 4.69) is 26.2 Å². The Morgan fingerprint density at radius 3 is 2.67 bits per heavy atom. The number of hydrogen-bond acceptors (Lipinski definition) is 4. The van der Waals surface area contributed by atoms with E-state index in [1.54, 1.807) is 6.92 Å². The number of rotatable bonds is 4. The fourth-order valence-electron chi connectivity index (χ4n) is 1.92. The van der Waals surface area contributed by atoms with Crippen LogP contribution in [0.15, 0.2) is 28.9 Å². The molecule has 0 aliphatic carbocycles. The van der Waals surface area contributed by atoms with E-state index in [0.717, 1.165) is 18.3 Å². The van der Waals surface area contributed by atoms with Gasteiger partial charge in [-0.15, -0.1) is 0 Å². The van der Waals surface area contributed by atoms with Crippen LogP contribution in [0.5, 0.6) is 0 Å². The molecule has 24 heavy (non-hydrogen) atoms. The van der Waals surface area contributed by atoms with Crippen molar-refractivity contribution >= 4 is 50.9 Å². The second kappa shape index (κ2) is 7.42. The molecular weight excluding hydrogens is 428 g/mol.